The largest absolute Gasteiger partial charge is 0.393 e. The van der Waals surface area contributed by atoms with Gasteiger partial charge in [-0.3, -0.25) is 0 Å². The van der Waals surface area contributed by atoms with Gasteiger partial charge in [-0.05, 0) is 104 Å². The Hall–Kier alpha value is -0.900. The Labute approximate surface area is 205 Å². The third-order valence-electron chi connectivity index (χ3n) is 10.8. The Kier molecular flexibility index (Phi) is 7.33. The molecule has 0 radical (unpaired) electrons. The summed E-state index contributed by atoms with van der Waals surface area (Å²) in [5.74, 6) is 2.61. The van der Waals surface area contributed by atoms with Crippen LogP contribution in [0.3, 0.4) is 0 Å². The molecule has 0 aliphatic heterocycles. The quantitative estimate of drug-likeness (QED) is 0.357. The molecule has 0 spiro atoms. The van der Waals surface area contributed by atoms with Crippen molar-refractivity contribution in [3.05, 3.63) is 0 Å². The molecule has 34 heavy (non-hydrogen) atoms. The smallest absolute Gasteiger partial charge is 0.329 e. The Morgan fingerprint density at radius 3 is 2.38 bits per heavy atom. The van der Waals surface area contributed by atoms with Crippen LogP contribution in [0, 0.1) is 46.3 Å². The summed E-state index contributed by atoms with van der Waals surface area (Å²) < 4.78 is 23.7. The molecule has 9 heteroatoms. The summed E-state index contributed by atoms with van der Waals surface area (Å²) in [7, 11) is -4.04. The Bertz CT molecular complexity index is 869. The summed E-state index contributed by atoms with van der Waals surface area (Å²) in [6, 6.07) is -0.783. The number of carbonyl (C=O) groups excluding carboxylic acids is 1. The van der Waals surface area contributed by atoms with E-state index in [0.717, 1.165) is 57.8 Å². The van der Waals surface area contributed by atoms with Crippen molar-refractivity contribution in [3.8, 4) is 0 Å². The first-order valence-corrected chi connectivity index (χ1v) is 14.9. The van der Waals surface area contributed by atoms with Crippen LogP contribution in [0.25, 0.3) is 0 Å². The number of carbonyl (C=O) groups is 1. The highest BCUT2D eigenvalue weighted by atomic mass is 32.2. The predicted octanol–water partition coefficient (Wildman–Crippen LogP) is 2.90. The lowest BCUT2D eigenvalue weighted by Crippen LogP contribution is -2.62. The molecule has 0 heterocycles. The second-order valence-corrected chi connectivity index (χ2v) is 13.6. The standard InChI is InChI=1S/C25H45N3O5S/c1-4-17-20-14-16(29)9-11-25(20,3)19-10-12-24(2)15(7-8-18(24)21(19)22(17)30)6-5-13-27-23(31)28-34(26,32)33/h15-22,29-30H,4-14H2,1-3H3,(H2,26,32,33)(H2,27,28,31)/t15-,16+,17+,18-,19-,20-,21-,22+,24+,25+/m0/s1. The molecule has 6 N–H and O–H groups in total. The Balaban J connectivity index is 1.43. The molecule has 4 aliphatic rings. The number of fused-ring (bicyclic) bond motifs is 5. The first-order valence-electron chi connectivity index (χ1n) is 13.3. The van der Waals surface area contributed by atoms with Gasteiger partial charge in [0, 0.05) is 6.54 Å². The summed E-state index contributed by atoms with van der Waals surface area (Å²) in [5, 5.41) is 29.6. The Morgan fingerprint density at radius 1 is 1.03 bits per heavy atom. The van der Waals surface area contributed by atoms with Crippen molar-refractivity contribution in [2.75, 3.05) is 6.54 Å². The van der Waals surface area contributed by atoms with Crippen LogP contribution in [0.2, 0.25) is 0 Å². The summed E-state index contributed by atoms with van der Waals surface area (Å²) in [4.78, 5) is 11.6. The lowest BCUT2D eigenvalue weighted by Gasteiger charge is -2.64. The van der Waals surface area contributed by atoms with Crippen molar-refractivity contribution in [2.24, 2.45) is 51.5 Å². The average molecular weight is 500 g/mol. The summed E-state index contributed by atoms with van der Waals surface area (Å²) >= 11 is 0. The zero-order chi connectivity index (χ0) is 24.9. The average Bonchev–Trinajstić information content (AvgIpc) is 3.08. The zero-order valence-electron chi connectivity index (χ0n) is 21.0. The third kappa shape index (κ3) is 4.62. The topological polar surface area (TPSA) is 142 Å². The molecule has 0 unspecified atom stereocenters. The van der Waals surface area contributed by atoms with Crippen molar-refractivity contribution in [1.82, 2.24) is 10.0 Å². The van der Waals surface area contributed by atoms with Crippen molar-refractivity contribution < 1.29 is 23.4 Å². The predicted molar refractivity (Wildman–Crippen MR) is 131 cm³/mol. The van der Waals surface area contributed by atoms with Crippen molar-refractivity contribution >= 4 is 16.2 Å². The lowest BCUT2D eigenvalue weighted by molar-refractivity contribution is -0.202. The highest BCUT2D eigenvalue weighted by Crippen LogP contribution is 2.69. The molecule has 8 nitrogen and oxygen atoms in total. The number of nitrogens with one attached hydrogen (secondary N) is 2. The molecule has 4 saturated carbocycles. The zero-order valence-corrected chi connectivity index (χ0v) is 21.8. The molecule has 4 fully saturated rings. The molecule has 196 valence electrons. The fraction of sp³-hybridized carbons (Fsp3) is 0.960. The lowest BCUT2D eigenvalue weighted by atomic mass is 9.41. The first kappa shape index (κ1) is 26.2. The fourth-order valence-corrected chi connectivity index (χ4v) is 9.59. The molecular formula is C25H45N3O5S. The van der Waals surface area contributed by atoms with Crippen LogP contribution in [-0.2, 0) is 10.2 Å². The number of hydrogen-bond acceptors (Lipinski definition) is 5. The van der Waals surface area contributed by atoms with Crippen molar-refractivity contribution in [2.45, 2.75) is 97.2 Å². The maximum Gasteiger partial charge on any atom is 0.329 e. The summed E-state index contributed by atoms with van der Waals surface area (Å²) in [6.07, 6.45) is 9.66. The highest BCUT2D eigenvalue weighted by Gasteiger charge is 2.64. The minimum Gasteiger partial charge on any atom is -0.393 e. The second-order valence-electron chi connectivity index (χ2n) is 12.3. The van der Waals surface area contributed by atoms with Gasteiger partial charge in [-0.25, -0.2) is 14.7 Å². The van der Waals surface area contributed by atoms with E-state index in [1.165, 1.54) is 6.42 Å². The maximum absolute atomic E-state index is 11.7. The molecule has 4 rings (SSSR count). The van der Waals surface area contributed by atoms with Gasteiger partial charge in [0.2, 0.25) is 0 Å². The summed E-state index contributed by atoms with van der Waals surface area (Å²) in [6.45, 7) is 7.50. The van der Waals surface area contributed by atoms with Gasteiger partial charge in [0.05, 0.1) is 12.2 Å². The number of nitrogens with two attached hydrogens (primary N) is 1. The number of amides is 2. The SMILES string of the molecule is CC[C@H]1[C@@H](O)[C@@H]2[C@H](CC[C@]3(C)[C@@H](CCCNC(=O)NS(N)(=O)=O)CC[C@@H]23)[C@@]2(C)CC[C@@H](O)C[C@@H]12. The third-order valence-corrected chi connectivity index (χ3v) is 11.3. The molecule has 0 saturated heterocycles. The van der Waals surface area contributed by atoms with Gasteiger partial charge < -0.3 is 15.5 Å². The van der Waals surface area contributed by atoms with E-state index in [2.05, 4.69) is 26.1 Å². The van der Waals surface area contributed by atoms with E-state index < -0.39 is 16.2 Å². The van der Waals surface area contributed by atoms with E-state index >= 15 is 0 Å². The molecule has 0 aromatic heterocycles. The highest BCUT2D eigenvalue weighted by molar-refractivity contribution is 7.87. The minimum absolute atomic E-state index is 0.195. The molecule has 10 atom stereocenters. The van der Waals surface area contributed by atoms with E-state index in [-0.39, 0.29) is 29.0 Å². The van der Waals surface area contributed by atoms with Crippen molar-refractivity contribution in [1.29, 1.82) is 0 Å². The fourth-order valence-electron chi connectivity index (χ4n) is 9.26. The number of rotatable bonds is 6. The first-order chi connectivity index (χ1) is 15.9. The van der Waals surface area contributed by atoms with E-state index in [9.17, 15) is 23.4 Å². The van der Waals surface area contributed by atoms with Gasteiger partial charge in [0.15, 0.2) is 0 Å². The van der Waals surface area contributed by atoms with E-state index in [1.54, 1.807) is 4.72 Å². The van der Waals surface area contributed by atoms with E-state index in [4.69, 9.17) is 5.14 Å². The van der Waals surface area contributed by atoms with Crippen LogP contribution in [0.15, 0.2) is 0 Å². The monoisotopic (exact) mass is 499 g/mol. The second kappa shape index (κ2) is 9.52. The maximum atomic E-state index is 11.7. The van der Waals surface area contributed by atoms with Gasteiger partial charge in [0.1, 0.15) is 0 Å². The van der Waals surface area contributed by atoms with Gasteiger partial charge in [-0.1, -0.05) is 27.2 Å². The van der Waals surface area contributed by atoms with Gasteiger partial charge in [0.25, 0.3) is 10.2 Å². The van der Waals surface area contributed by atoms with Crippen LogP contribution in [0.4, 0.5) is 4.79 Å². The Morgan fingerprint density at radius 2 is 1.71 bits per heavy atom. The van der Waals surface area contributed by atoms with Crippen molar-refractivity contribution in [3.63, 3.8) is 0 Å². The number of aliphatic hydroxyl groups excluding tert-OH is 2. The molecule has 4 aliphatic carbocycles. The van der Waals surface area contributed by atoms with Gasteiger partial charge >= 0.3 is 6.03 Å². The van der Waals surface area contributed by atoms with Gasteiger partial charge in [-0.2, -0.15) is 8.42 Å². The van der Waals surface area contributed by atoms with Crippen LogP contribution in [-0.4, -0.2) is 43.4 Å². The van der Waals surface area contributed by atoms with E-state index in [1.807, 2.05) is 0 Å². The molecule has 2 amide bonds. The van der Waals surface area contributed by atoms with Crippen LogP contribution in [0.5, 0.6) is 0 Å². The normalized spacial score (nSPS) is 46.2. The summed E-state index contributed by atoms with van der Waals surface area (Å²) in [5.41, 5.74) is 0.407. The molecule has 0 bridgehead atoms. The van der Waals surface area contributed by atoms with E-state index in [0.29, 0.717) is 36.1 Å². The van der Waals surface area contributed by atoms with Crippen LogP contribution >= 0.6 is 0 Å². The van der Waals surface area contributed by atoms with Crippen LogP contribution < -0.4 is 15.2 Å². The number of urea groups is 1. The number of aliphatic hydroxyl groups is 2. The molecule has 0 aromatic carbocycles. The minimum atomic E-state index is -4.04. The van der Waals surface area contributed by atoms with Gasteiger partial charge in [-0.15, -0.1) is 0 Å². The van der Waals surface area contributed by atoms with Crippen LogP contribution in [0.1, 0.15) is 85.0 Å². The number of hydrogen-bond donors (Lipinski definition) is 5. The molecular weight excluding hydrogens is 454 g/mol. The molecule has 0 aromatic rings.